The first kappa shape index (κ1) is 24.5. The zero-order valence-corrected chi connectivity index (χ0v) is 20.4. The van der Waals surface area contributed by atoms with Crippen LogP contribution in [0.5, 0.6) is 5.75 Å². The van der Waals surface area contributed by atoms with Crippen molar-refractivity contribution in [1.29, 1.82) is 0 Å². The summed E-state index contributed by atoms with van der Waals surface area (Å²) < 4.78 is 34.3. The number of hydrogen-bond acceptors (Lipinski definition) is 5. The van der Waals surface area contributed by atoms with Gasteiger partial charge in [-0.2, -0.15) is 0 Å². The van der Waals surface area contributed by atoms with Crippen LogP contribution in [0.25, 0.3) is 17.1 Å². The second kappa shape index (κ2) is 9.92. The molecular weight excluding hydrogens is 474 g/mol. The molecule has 0 saturated carbocycles. The molecule has 0 aliphatic heterocycles. The number of nitrogens with zero attached hydrogens (tertiary/aromatic N) is 4. The van der Waals surface area contributed by atoms with E-state index in [1.54, 1.807) is 38.2 Å². The highest BCUT2D eigenvalue weighted by molar-refractivity contribution is 6.32. The molecule has 4 rings (SSSR count). The molecule has 3 aromatic heterocycles. The van der Waals surface area contributed by atoms with Gasteiger partial charge < -0.3 is 4.74 Å². The third-order valence-corrected chi connectivity index (χ3v) is 5.80. The molecule has 180 valence electrons. The number of rotatable bonds is 6. The third-order valence-electron chi connectivity index (χ3n) is 5.51. The van der Waals surface area contributed by atoms with E-state index in [9.17, 15) is 13.6 Å². The van der Waals surface area contributed by atoms with E-state index in [0.29, 0.717) is 44.9 Å². The van der Waals surface area contributed by atoms with Gasteiger partial charge in [0.1, 0.15) is 29.8 Å². The fraction of sp³-hybridized carbons (Fsp3) is 0.231. The smallest absolute Gasteiger partial charge is 0.261 e. The molecule has 0 N–H and O–H groups in total. The second-order valence-corrected chi connectivity index (χ2v) is 8.82. The average Bonchev–Trinajstić information content (AvgIpc) is 2.82. The molecule has 4 aromatic rings. The maximum absolute atomic E-state index is 14.0. The van der Waals surface area contributed by atoms with Gasteiger partial charge in [0.25, 0.3) is 5.56 Å². The Morgan fingerprint density at radius 3 is 2.54 bits per heavy atom. The van der Waals surface area contributed by atoms with Crippen LogP contribution in [-0.2, 0) is 6.61 Å². The lowest BCUT2D eigenvalue weighted by Crippen LogP contribution is -2.24. The molecule has 0 fully saturated rings. The first-order valence-electron chi connectivity index (χ1n) is 10.9. The summed E-state index contributed by atoms with van der Waals surface area (Å²) in [7, 11) is 0. The van der Waals surface area contributed by atoms with Gasteiger partial charge in [-0.1, -0.05) is 25.4 Å². The normalized spacial score (nSPS) is 11.2. The molecule has 3 heterocycles. The summed E-state index contributed by atoms with van der Waals surface area (Å²) in [5.74, 6) is -0.254. The zero-order chi connectivity index (χ0) is 25.3. The molecule has 9 heteroatoms. The van der Waals surface area contributed by atoms with Crippen LogP contribution in [0, 0.1) is 25.5 Å². The van der Waals surface area contributed by atoms with Gasteiger partial charge in [0.2, 0.25) is 0 Å². The molecule has 0 aliphatic carbocycles. The van der Waals surface area contributed by atoms with E-state index in [-0.39, 0.29) is 23.6 Å². The van der Waals surface area contributed by atoms with E-state index in [0.717, 1.165) is 12.1 Å². The van der Waals surface area contributed by atoms with E-state index in [1.807, 2.05) is 13.8 Å². The van der Waals surface area contributed by atoms with Gasteiger partial charge in [-0.25, -0.2) is 18.7 Å². The van der Waals surface area contributed by atoms with Gasteiger partial charge in [0, 0.05) is 41.7 Å². The largest absolute Gasteiger partial charge is 0.488 e. The predicted octanol–water partition coefficient (Wildman–Crippen LogP) is 5.94. The van der Waals surface area contributed by atoms with Gasteiger partial charge in [-0.3, -0.25) is 14.3 Å². The minimum Gasteiger partial charge on any atom is -0.488 e. The topological polar surface area (TPSA) is 69.9 Å². The van der Waals surface area contributed by atoms with E-state index in [2.05, 4.69) is 15.0 Å². The lowest BCUT2D eigenvalue weighted by molar-refractivity contribution is 0.296. The monoisotopic (exact) mass is 496 g/mol. The van der Waals surface area contributed by atoms with Crippen molar-refractivity contribution in [1.82, 2.24) is 19.5 Å². The highest BCUT2D eigenvalue weighted by Gasteiger charge is 2.17. The number of aromatic nitrogens is 4. The second-order valence-electron chi connectivity index (χ2n) is 8.42. The van der Waals surface area contributed by atoms with Crippen LogP contribution in [0.4, 0.5) is 8.78 Å². The fourth-order valence-electron chi connectivity index (χ4n) is 3.57. The SMILES string of the molecule is Cc1c(OCc2ccc(F)cc2F)cc(C)n(-c2cc(-c3ccnc(C(C)C)n3)ncc2Cl)c1=O. The van der Waals surface area contributed by atoms with Crippen molar-refractivity contribution in [2.45, 2.75) is 40.2 Å². The van der Waals surface area contributed by atoms with Crippen LogP contribution in [0.1, 0.15) is 42.4 Å². The standard InChI is InChI=1S/C26H23ClF2N4O2/c1-14(2)25-30-8-7-21(32-25)22-11-23(19(27)12-31-22)33-15(3)9-24(16(4)26(33)34)35-13-17-5-6-18(28)10-20(17)29/h5-12,14H,13H2,1-4H3. The summed E-state index contributed by atoms with van der Waals surface area (Å²) >= 11 is 6.45. The van der Waals surface area contributed by atoms with Crippen molar-refractivity contribution in [3.05, 3.63) is 98.4 Å². The third kappa shape index (κ3) is 5.07. The first-order valence-corrected chi connectivity index (χ1v) is 11.3. The summed E-state index contributed by atoms with van der Waals surface area (Å²) in [6.07, 6.45) is 3.15. The molecular formula is C26H23ClF2N4O2. The fourth-order valence-corrected chi connectivity index (χ4v) is 3.76. The number of halogens is 3. The van der Waals surface area contributed by atoms with Crippen molar-refractivity contribution in [3.8, 4) is 22.8 Å². The van der Waals surface area contributed by atoms with Crippen LogP contribution >= 0.6 is 11.6 Å². The minimum absolute atomic E-state index is 0.144. The Morgan fingerprint density at radius 2 is 1.83 bits per heavy atom. The Balaban J connectivity index is 1.71. The van der Waals surface area contributed by atoms with Crippen molar-refractivity contribution in [3.63, 3.8) is 0 Å². The lowest BCUT2D eigenvalue weighted by Gasteiger charge is -2.17. The van der Waals surface area contributed by atoms with Crippen molar-refractivity contribution in [2.75, 3.05) is 0 Å². The van der Waals surface area contributed by atoms with Crippen LogP contribution in [0.15, 0.2) is 53.6 Å². The minimum atomic E-state index is -0.714. The van der Waals surface area contributed by atoms with Crippen LogP contribution in [0.2, 0.25) is 5.02 Å². The first-order chi connectivity index (χ1) is 16.7. The highest BCUT2D eigenvalue weighted by Crippen LogP contribution is 2.27. The van der Waals surface area contributed by atoms with Crippen molar-refractivity contribution >= 4 is 11.6 Å². The predicted molar refractivity (Wildman–Crippen MR) is 130 cm³/mol. The number of pyridine rings is 2. The van der Waals surface area contributed by atoms with Gasteiger partial charge >= 0.3 is 0 Å². The molecule has 0 radical (unpaired) electrons. The molecule has 1 aromatic carbocycles. The molecule has 0 atom stereocenters. The zero-order valence-electron chi connectivity index (χ0n) is 19.6. The lowest BCUT2D eigenvalue weighted by atomic mass is 10.1. The molecule has 0 amide bonds. The summed E-state index contributed by atoms with van der Waals surface area (Å²) in [6, 6.07) is 8.39. The van der Waals surface area contributed by atoms with E-state index in [4.69, 9.17) is 16.3 Å². The summed E-state index contributed by atoms with van der Waals surface area (Å²) in [4.78, 5) is 26.6. The summed E-state index contributed by atoms with van der Waals surface area (Å²) in [6.45, 7) is 7.20. The summed E-state index contributed by atoms with van der Waals surface area (Å²) in [5.41, 5.74) is 2.32. The van der Waals surface area contributed by atoms with E-state index < -0.39 is 11.6 Å². The summed E-state index contributed by atoms with van der Waals surface area (Å²) in [5, 5.41) is 0.290. The van der Waals surface area contributed by atoms with Gasteiger partial charge in [0.05, 0.1) is 27.7 Å². The van der Waals surface area contributed by atoms with Crippen LogP contribution in [-0.4, -0.2) is 19.5 Å². The Morgan fingerprint density at radius 1 is 1.06 bits per heavy atom. The molecule has 6 nitrogen and oxygen atoms in total. The quantitative estimate of drug-likeness (QED) is 0.330. The van der Waals surface area contributed by atoms with Gasteiger partial charge in [-0.15, -0.1) is 0 Å². The molecule has 0 spiro atoms. The van der Waals surface area contributed by atoms with Crippen LogP contribution < -0.4 is 10.3 Å². The Labute approximate surface area is 206 Å². The van der Waals surface area contributed by atoms with Gasteiger partial charge in [0.15, 0.2) is 0 Å². The molecule has 0 unspecified atom stereocenters. The van der Waals surface area contributed by atoms with Gasteiger partial charge in [-0.05, 0) is 38.1 Å². The number of hydrogen-bond donors (Lipinski definition) is 0. The highest BCUT2D eigenvalue weighted by atomic mass is 35.5. The molecule has 0 bridgehead atoms. The van der Waals surface area contributed by atoms with Crippen molar-refractivity contribution in [2.24, 2.45) is 0 Å². The maximum Gasteiger partial charge on any atom is 0.261 e. The Kier molecular flexibility index (Phi) is 6.93. The molecule has 0 aliphatic rings. The maximum atomic E-state index is 14.0. The Bertz CT molecular complexity index is 1470. The molecule has 0 saturated heterocycles. The average molecular weight is 497 g/mol. The van der Waals surface area contributed by atoms with E-state index in [1.165, 1.54) is 16.8 Å². The molecule has 35 heavy (non-hydrogen) atoms. The van der Waals surface area contributed by atoms with Crippen LogP contribution in [0.3, 0.4) is 0 Å². The number of aryl methyl sites for hydroxylation is 1. The number of ether oxygens (including phenoxy) is 1. The Hall–Kier alpha value is -3.65. The van der Waals surface area contributed by atoms with Crippen molar-refractivity contribution < 1.29 is 13.5 Å². The number of benzene rings is 1. The van der Waals surface area contributed by atoms with E-state index >= 15 is 0 Å².